The molecule has 1 saturated heterocycles. The van der Waals surface area contributed by atoms with Crippen molar-refractivity contribution in [2.45, 2.75) is 26.2 Å². The molecule has 2 aromatic rings. The molecule has 0 spiro atoms. The number of hydrogen-bond acceptors (Lipinski definition) is 6. The van der Waals surface area contributed by atoms with Gasteiger partial charge in [0.2, 0.25) is 0 Å². The Hall–Kier alpha value is -2.68. The van der Waals surface area contributed by atoms with Gasteiger partial charge >= 0.3 is 6.01 Å². The Morgan fingerprint density at radius 1 is 1.36 bits per heavy atom. The first-order valence-electron chi connectivity index (χ1n) is 8.73. The normalized spacial score (nSPS) is 24.8. The Bertz CT molecular complexity index is 817. The molecular formula is C19H21N5O. The van der Waals surface area contributed by atoms with Gasteiger partial charge in [-0.15, -0.1) is 0 Å². The highest BCUT2D eigenvalue weighted by Gasteiger charge is 2.50. The molecule has 2 unspecified atom stereocenters. The van der Waals surface area contributed by atoms with E-state index in [9.17, 15) is 5.26 Å². The molecule has 25 heavy (non-hydrogen) atoms. The molecule has 6 nitrogen and oxygen atoms in total. The number of aromatic nitrogens is 3. The van der Waals surface area contributed by atoms with E-state index in [4.69, 9.17) is 4.74 Å². The topological polar surface area (TPSA) is 74.9 Å². The molecule has 2 aromatic heterocycles. The second kappa shape index (κ2) is 6.32. The SMILES string of the molecule is Cc1ccnc(OCC23CCCC2CN(c2ncccc2C#N)C3)n1. The second-order valence-electron chi connectivity index (χ2n) is 7.09. The van der Waals surface area contributed by atoms with E-state index in [1.165, 1.54) is 12.8 Å². The molecule has 1 aliphatic carbocycles. The van der Waals surface area contributed by atoms with Gasteiger partial charge < -0.3 is 9.64 Å². The Morgan fingerprint density at radius 2 is 2.28 bits per heavy atom. The van der Waals surface area contributed by atoms with Crippen LogP contribution in [0.25, 0.3) is 0 Å². The van der Waals surface area contributed by atoms with Crippen molar-refractivity contribution in [3.05, 3.63) is 41.9 Å². The molecule has 0 bridgehead atoms. The summed E-state index contributed by atoms with van der Waals surface area (Å²) in [7, 11) is 0. The van der Waals surface area contributed by atoms with Crippen LogP contribution in [0.1, 0.15) is 30.5 Å². The molecular weight excluding hydrogens is 314 g/mol. The summed E-state index contributed by atoms with van der Waals surface area (Å²) < 4.78 is 5.98. The number of nitrogens with zero attached hydrogens (tertiary/aromatic N) is 5. The summed E-state index contributed by atoms with van der Waals surface area (Å²) in [6, 6.07) is 8.22. The summed E-state index contributed by atoms with van der Waals surface area (Å²) in [5.41, 5.74) is 1.64. The molecule has 6 heteroatoms. The zero-order chi connectivity index (χ0) is 17.3. The predicted molar refractivity (Wildman–Crippen MR) is 93.2 cm³/mol. The van der Waals surface area contributed by atoms with E-state index < -0.39 is 0 Å². The van der Waals surface area contributed by atoms with Crippen molar-refractivity contribution in [3.8, 4) is 12.1 Å². The summed E-state index contributed by atoms with van der Waals surface area (Å²) in [5.74, 6) is 1.36. The summed E-state index contributed by atoms with van der Waals surface area (Å²) >= 11 is 0. The van der Waals surface area contributed by atoms with E-state index in [1.807, 2.05) is 25.1 Å². The highest BCUT2D eigenvalue weighted by atomic mass is 16.5. The Morgan fingerprint density at radius 3 is 3.12 bits per heavy atom. The quantitative estimate of drug-likeness (QED) is 0.855. The van der Waals surface area contributed by atoms with Crippen molar-refractivity contribution in [1.82, 2.24) is 15.0 Å². The van der Waals surface area contributed by atoms with Crippen LogP contribution in [0.5, 0.6) is 6.01 Å². The van der Waals surface area contributed by atoms with E-state index in [2.05, 4.69) is 25.9 Å². The van der Waals surface area contributed by atoms with Gasteiger partial charge in [0.25, 0.3) is 0 Å². The molecule has 0 amide bonds. The fraction of sp³-hybridized carbons (Fsp3) is 0.474. The fourth-order valence-electron chi connectivity index (χ4n) is 4.25. The third-order valence-corrected chi connectivity index (χ3v) is 5.51. The molecule has 1 saturated carbocycles. The summed E-state index contributed by atoms with van der Waals surface area (Å²) in [6.45, 7) is 4.36. The molecule has 2 atom stereocenters. The standard InChI is InChI=1S/C19H21N5O/c1-14-6-9-22-18(23-14)25-13-19-7-2-5-16(19)11-24(12-19)17-15(10-20)4-3-8-21-17/h3-4,6,8-9,16H,2,5,7,11-13H2,1H3. The first kappa shape index (κ1) is 15.8. The molecule has 1 aliphatic heterocycles. The maximum Gasteiger partial charge on any atom is 0.316 e. The maximum atomic E-state index is 9.37. The molecule has 0 aromatic carbocycles. The molecule has 0 radical (unpaired) electrons. The second-order valence-corrected chi connectivity index (χ2v) is 7.09. The monoisotopic (exact) mass is 335 g/mol. The van der Waals surface area contributed by atoms with Crippen LogP contribution in [0.2, 0.25) is 0 Å². The Labute approximate surface area is 147 Å². The minimum absolute atomic E-state index is 0.0946. The number of fused-ring (bicyclic) bond motifs is 1. The highest BCUT2D eigenvalue weighted by molar-refractivity contribution is 5.54. The van der Waals surface area contributed by atoms with E-state index in [0.717, 1.165) is 31.0 Å². The molecule has 2 fully saturated rings. The van der Waals surface area contributed by atoms with E-state index in [1.54, 1.807) is 12.4 Å². The largest absolute Gasteiger partial charge is 0.463 e. The first-order valence-corrected chi connectivity index (χ1v) is 8.73. The molecule has 2 aliphatic rings. The van der Waals surface area contributed by atoms with E-state index >= 15 is 0 Å². The van der Waals surface area contributed by atoms with Crippen LogP contribution in [0, 0.1) is 29.6 Å². The Balaban J connectivity index is 1.53. The molecule has 128 valence electrons. The van der Waals surface area contributed by atoms with Gasteiger partial charge in [-0.2, -0.15) is 5.26 Å². The van der Waals surface area contributed by atoms with Crippen molar-refractivity contribution < 1.29 is 4.74 Å². The molecule has 3 heterocycles. The number of nitriles is 1. The van der Waals surface area contributed by atoms with Crippen LogP contribution in [0.15, 0.2) is 30.6 Å². The summed E-state index contributed by atoms with van der Waals surface area (Å²) in [5, 5.41) is 9.37. The zero-order valence-corrected chi connectivity index (χ0v) is 14.4. The maximum absolute atomic E-state index is 9.37. The average Bonchev–Trinajstić information content (AvgIpc) is 3.17. The van der Waals surface area contributed by atoms with Crippen molar-refractivity contribution >= 4 is 5.82 Å². The van der Waals surface area contributed by atoms with Crippen LogP contribution < -0.4 is 9.64 Å². The summed E-state index contributed by atoms with van der Waals surface area (Å²) in [6.07, 6.45) is 7.05. The lowest BCUT2D eigenvalue weighted by Crippen LogP contribution is -2.34. The average molecular weight is 335 g/mol. The number of ether oxygens (including phenoxy) is 1. The van der Waals surface area contributed by atoms with Gasteiger partial charge in [0.05, 0.1) is 12.2 Å². The number of rotatable bonds is 4. The van der Waals surface area contributed by atoms with Crippen LogP contribution in [-0.4, -0.2) is 34.6 Å². The van der Waals surface area contributed by atoms with Crippen LogP contribution in [0.3, 0.4) is 0 Å². The van der Waals surface area contributed by atoms with Gasteiger partial charge in [-0.3, -0.25) is 0 Å². The van der Waals surface area contributed by atoms with Crippen molar-refractivity contribution in [1.29, 1.82) is 5.26 Å². The van der Waals surface area contributed by atoms with E-state index in [-0.39, 0.29) is 5.41 Å². The van der Waals surface area contributed by atoms with Crippen molar-refractivity contribution in [2.75, 3.05) is 24.6 Å². The Kier molecular flexibility index (Phi) is 4.00. The smallest absolute Gasteiger partial charge is 0.316 e. The fourth-order valence-corrected chi connectivity index (χ4v) is 4.25. The van der Waals surface area contributed by atoms with Crippen LogP contribution in [0.4, 0.5) is 5.82 Å². The van der Waals surface area contributed by atoms with E-state index in [0.29, 0.717) is 24.1 Å². The highest BCUT2D eigenvalue weighted by Crippen LogP contribution is 2.49. The number of pyridine rings is 1. The van der Waals surface area contributed by atoms with Crippen molar-refractivity contribution in [3.63, 3.8) is 0 Å². The van der Waals surface area contributed by atoms with Gasteiger partial charge in [0.1, 0.15) is 11.9 Å². The van der Waals surface area contributed by atoms with Gasteiger partial charge in [-0.25, -0.2) is 15.0 Å². The summed E-state index contributed by atoms with van der Waals surface area (Å²) in [4.78, 5) is 15.3. The molecule has 4 rings (SSSR count). The zero-order valence-electron chi connectivity index (χ0n) is 14.4. The van der Waals surface area contributed by atoms with Crippen molar-refractivity contribution in [2.24, 2.45) is 11.3 Å². The first-order chi connectivity index (χ1) is 12.2. The van der Waals surface area contributed by atoms with Gasteiger partial charge in [0.15, 0.2) is 0 Å². The molecule has 0 N–H and O–H groups in total. The number of hydrogen-bond donors (Lipinski definition) is 0. The van der Waals surface area contributed by atoms with Gasteiger partial charge in [-0.05, 0) is 43.9 Å². The third kappa shape index (κ3) is 2.91. The predicted octanol–water partition coefficient (Wildman–Crippen LogP) is 2.74. The van der Waals surface area contributed by atoms with Gasteiger partial charge in [0, 0.05) is 36.6 Å². The number of aryl methyl sites for hydroxylation is 1. The third-order valence-electron chi connectivity index (χ3n) is 5.51. The van der Waals surface area contributed by atoms with Gasteiger partial charge in [-0.1, -0.05) is 6.42 Å². The minimum Gasteiger partial charge on any atom is -0.463 e. The minimum atomic E-state index is 0.0946. The number of anilines is 1. The van der Waals surface area contributed by atoms with Crippen LogP contribution >= 0.6 is 0 Å². The lowest BCUT2D eigenvalue weighted by Gasteiger charge is -2.28. The van der Waals surface area contributed by atoms with Crippen LogP contribution in [-0.2, 0) is 0 Å². The lowest BCUT2D eigenvalue weighted by molar-refractivity contribution is 0.130. The lowest BCUT2D eigenvalue weighted by atomic mass is 9.82.